The predicted molar refractivity (Wildman–Crippen MR) is 84.2 cm³/mol. The molecule has 0 spiro atoms. The van der Waals surface area contributed by atoms with Crippen molar-refractivity contribution in [2.24, 2.45) is 11.8 Å². The lowest BCUT2D eigenvalue weighted by Gasteiger charge is -2.18. The summed E-state index contributed by atoms with van der Waals surface area (Å²) >= 11 is 0. The minimum atomic E-state index is -4.59. The Morgan fingerprint density at radius 2 is 1.92 bits per heavy atom. The number of hydrogen-bond acceptors (Lipinski definition) is 3. The van der Waals surface area contributed by atoms with Crippen molar-refractivity contribution in [1.82, 2.24) is 4.90 Å². The SMILES string of the molecule is Cc1ccccc1NC(=O)CN1C[C@@H](C(F)(F)F)[C@H](C(=O)O)C1.Cl. The van der Waals surface area contributed by atoms with Gasteiger partial charge in [0.05, 0.1) is 18.4 Å². The molecule has 2 rings (SSSR count). The Bertz CT molecular complexity index is 610. The zero-order valence-electron chi connectivity index (χ0n) is 12.8. The minimum absolute atomic E-state index is 0. The Morgan fingerprint density at radius 3 is 2.42 bits per heavy atom. The van der Waals surface area contributed by atoms with Crippen molar-refractivity contribution in [3.63, 3.8) is 0 Å². The molecule has 9 heteroatoms. The van der Waals surface area contributed by atoms with Crippen LogP contribution in [0.5, 0.6) is 0 Å². The maximum Gasteiger partial charge on any atom is 0.393 e. The van der Waals surface area contributed by atoms with Crippen molar-refractivity contribution >= 4 is 30.0 Å². The van der Waals surface area contributed by atoms with Crippen LogP contribution in [0.3, 0.4) is 0 Å². The Morgan fingerprint density at radius 1 is 1.29 bits per heavy atom. The van der Waals surface area contributed by atoms with Crippen molar-refractivity contribution in [2.45, 2.75) is 13.1 Å². The zero-order valence-corrected chi connectivity index (χ0v) is 13.7. The average molecular weight is 367 g/mol. The summed E-state index contributed by atoms with van der Waals surface area (Å²) < 4.78 is 38.7. The number of para-hydroxylation sites is 1. The molecule has 0 aromatic heterocycles. The molecule has 24 heavy (non-hydrogen) atoms. The highest BCUT2D eigenvalue weighted by atomic mass is 35.5. The number of amides is 1. The van der Waals surface area contributed by atoms with E-state index in [0.717, 1.165) is 5.56 Å². The van der Waals surface area contributed by atoms with Crippen molar-refractivity contribution in [2.75, 3.05) is 25.0 Å². The van der Waals surface area contributed by atoms with Crippen molar-refractivity contribution in [3.05, 3.63) is 29.8 Å². The van der Waals surface area contributed by atoms with E-state index < -0.39 is 36.4 Å². The molecule has 134 valence electrons. The number of nitrogens with zero attached hydrogens (tertiary/aromatic N) is 1. The highest BCUT2D eigenvalue weighted by Crippen LogP contribution is 2.37. The molecule has 0 unspecified atom stereocenters. The van der Waals surface area contributed by atoms with Crippen LogP contribution >= 0.6 is 12.4 Å². The van der Waals surface area contributed by atoms with Crippen LogP contribution in [0.1, 0.15) is 5.56 Å². The molecule has 1 saturated heterocycles. The second-order valence-corrected chi connectivity index (χ2v) is 5.65. The number of nitrogens with one attached hydrogen (secondary N) is 1. The molecule has 2 atom stereocenters. The van der Waals surface area contributed by atoms with Gasteiger partial charge in [-0.3, -0.25) is 14.5 Å². The lowest BCUT2D eigenvalue weighted by Crippen LogP contribution is -2.34. The number of halogens is 4. The molecule has 5 nitrogen and oxygen atoms in total. The van der Waals surface area contributed by atoms with E-state index in [4.69, 9.17) is 5.11 Å². The molecule has 0 saturated carbocycles. The second-order valence-electron chi connectivity index (χ2n) is 5.65. The fraction of sp³-hybridized carbons (Fsp3) is 0.467. The van der Waals surface area contributed by atoms with Gasteiger partial charge in [-0.15, -0.1) is 12.4 Å². The molecule has 1 heterocycles. The van der Waals surface area contributed by atoms with Gasteiger partial charge >= 0.3 is 12.1 Å². The molecule has 1 aliphatic rings. The standard InChI is InChI=1S/C15H17F3N2O3.ClH/c1-9-4-2-3-5-12(9)19-13(21)8-20-6-10(14(22)23)11(7-20)15(16,17)18;/h2-5,10-11H,6-8H2,1H3,(H,19,21)(H,22,23);1H/t10-,11-;/m1./s1. The Balaban J connectivity index is 0.00000288. The van der Waals surface area contributed by atoms with Crippen molar-refractivity contribution in [1.29, 1.82) is 0 Å². The first-order chi connectivity index (χ1) is 10.7. The van der Waals surface area contributed by atoms with E-state index in [9.17, 15) is 22.8 Å². The lowest BCUT2D eigenvalue weighted by atomic mass is 9.96. The van der Waals surface area contributed by atoms with Crippen LogP contribution < -0.4 is 5.32 Å². The number of hydrogen-bond donors (Lipinski definition) is 2. The number of carboxylic acid groups (broad SMARTS) is 1. The number of carbonyl (C=O) groups is 2. The molecule has 1 amide bonds. The highest BCUT2D eigenvalue weighted by Gasteiger charge is 2.52. The van der Waals surface area contributed by atoms with Gasteiger partial charge in [-0.1, -0.05) is 18.2 Å². The number of anilines is 1. The first-order valence-corrected chi connectivity index (χ1v) is 7.06. The van der Waals surface area contributed by atoms with E-state index in [-0.39, 0.29) is 25.5 Å². The first kappa shape index (κ1) is 20.2. The van der Waals surface area contributed by atoms with Gasteiger partial charge < -0.3 is 10.4 Å². The Hall–Kier alpha value is -1.80. The molecule has 0 aliphatic carbocycles. The predicted octanol–water partition coefficient (Wildman–Crippen LogP) is 2.55. The summed E-state index contributed by atoms with van der Waals surface area (Å²) in [6, 6.07) is 7.02. The van der Waals surface area contributed by atoms with Gasteiger partial charge in [0, 0.05) is 18.8 Å². The van der Waals surface area contributed by atoms with Crippen LogP contribution in [0.25, 0.3) is 0 Å². The summed E-state index contributed by atoms with van der Waals surface area (Å²) in [6.45, 7) is 0.749. The summed E-state index contributed by atoms with van der Waals surface area (Å²) in [7, 11) is 0. The number of alkyl halides is 3. The van der Waals surface area contributed by atoms with Gasteiger partial charge in [0.1, 0.15) is 0 Å². The largest absolute Gasteiger partial charge is 0.481 e. The van der Waals surface area contributed by atoms with E-state index >= 15 is 0 Å². The molecule has 2 N–H and O–H groups in total. The summed E-state index contributed by atoms with van der Waals surface area (Å²) in [5, 5.41) is 11.6. The smallest absolute Gasteiger partial charge is 0.393 e. The van der Waals surface area contributed by atoms with Gasteiger partial charge in [0.25, 0.3) is 0 Å². The number of rotatable bonds is 4. The molecule has 1 aromatic carbocycles. The summed E-state index contributed by atoms with van der Waals surface area (Å²) in [4.78, 5) is 24.2. The van der Waals surface area contributed by atoms with E-state index in [0.29, 0.717) is 5.69 Å². The number of likely N-dealkylation sites (tertiary alicyclic amines) is 1. The zero-order chi connectivity index (χ0) is 17.2. The number of aliphatic carboxylic acids is 1. The van der Waals surface area contributed by atoms with Crippen LogP contribution in [-0.4, -0.2) is 47.7 Å². The summed E-state index contributed by atoms with van der Waals surface area (Å²) in [5.74, 6) is -5.45. The normalized spacial score (nSPS) is 21.2. The molecule has 1 fully saturated rings. The van der Waals surface area contributed by atoms with E-state index in [2.05, 4.69) is 5.32 Å². The van der Waals surface area contributed by atoms with Gasteiger partial charge in [-0.25, -0.2) is 0 Å². The summed E-state index contributed by atoms with van der Waals surface area (Å²) in [5.41, 5.74) is 1.41. The minimum Gasteiger partial charge on any atom is -0.481 e. The van der Waals surface area contributed by atoms with Crippen molar-refractivity contribution < 1.29 is 27.9 Å². The van der Waals surface area contributed by atoms with Crippen LogP contribution in [-0.2, 0) is 9.59 Å². The molecule has 1 aliphatic heterocycles. The monoisotopic (exact) mass is 366 g/mol. The van der Waals surface area contributed by atoms with Crippen molar-refractivity contribution in [3.8, 4) is 0 Å². The van der Waals surface area contributed by atoms with Gasteiger partial charge in [0.15, 0.2) is 0 Å². The lowest BCUT2D eigenvalue weighted by molar-refractivity contribution is -0.188. The van der Waals surface area contributed by atoms with E-state index in [1.54, 1.807) is 31.2 Å². The molecule has 1 aromatic rings. The average Bonchev–Trinajstić information content (AvgIpc) is 2.85. The highest BCUT2D eigenvalue weighted by molar-refractivity contribution is 5.93. The van der Waals surface area contributed by atoms with Gasteiger partial charge in [-0.05, 0) is 18.6 Å². The van der Waals surface area contributed by atoms with E-state index in [1.165, 1.54) is 4.90 Å². The Labute approximate surface area is 143 Å². The van der Waals surface area contributed by atoms with Crippen LogP contribution in [0.4, 0.5) is 18.9 Å². The third-order valence-electron chi connectivity index (χ3n) is 3.92. The van der Waals surface area contributed by atoms with Gasteiger partial charge in [-0.2, -0.15) is 13.2 Å². The molecule has 0 radical (unpaired) electrons. The maximum absolute atomic E-state index is 12.9. The van der Waals surface area contributed by atoms with Gasteiger partial charge in [0.2, 0.25) is 5.91 Å². The first-order valence-electron chi connectivity index (χ1n) is 7.06. The number of aryl methyl sites for hydroxylation is 1. The number of carbonyl (C=O) groups excluding carboxylic acids is 1. The third-order valence-corrected chi connectivity index (χ3v) is 3.92. The fourth-order valence-corrected chi connectivity index (χ4v) is 2.70. The van der Waals surface area contributed by atoms with Crippen LogP contribution in [0.2, 0.25) is 0 Å². The third kappa shape index (κ3) is 4.85. The fourth-order valence-electron chi connectivity index (χ4n) is 2.70. The maximum atomic E-state index is 12.9. The van der Waals surface area contributed by atoms with Crippen LogP contribution in [0, 0.1) is 18.8 Å². The number of benzene rings is 1. The molecule has 0 bridgehead atoms. The topological polar surface area (TPSA) is 69.6 Å². The molecular formula is C15H18ClF3N2O3. The van der Waals surface area contributed by atoms with E-state index in [1.807, 2.05) is 0 Å². The second kappa shape index (κ2) is 7.85. The number of carboxylic acids is 1. The summed E-state index contributed by atoms with van der Waals surface area (Å²) in [6.07, 6.45) is -4.59. The quantitative estimate of drug-likeness (QED) is 0.859. The van der Waals surface area contributed by atoms with Crippen LogP contribution in [0.15, 0.2) is 24.3 Å². The molecular weight excluding hydrogens is 349 g/mol. The Kier molecular flexibility index (Phi) is 6.62.